The number of nitrogens with one attached hydrogen (secondary N) is 1. The standard InChI is InChI=1S/C13H12BrClN2/c1-9-4-2-6-11(15)13(9)16-8-10-5-3-7-12(14)17-10/h2-7,16H,8H2,1H3. The topological polar surface area (TPSA) is 24.9 Å². The fourth-order valence-corrected chi connectivity index (χ4v) is 2.25. The Morgan fingerprint density at radius 2 is 2.00 bits per heavy atom. The van der Waals surface area contributed by atoms with Crippen LogP contribution in [0.15, 0.2) is 41.0 Å². The number of anilines is 1. The number of benzene rings is 1. The lowest BCUT2D eigenvalue weighted by Crippen LogP contribution is -2.03. The first-order chi connectivity index (χ1) is 8.16. The van der Waals surface area contributed by atoms with Crippen LogP contribution < -0.4 is 5.32 Å². The quantitative estimate of drug-likeness (QED) is 0.849. The van der Waals surface area contributed by atoms with Crippen LogP contribution in [-0.2, 0) is 6.54 Å². The molecule has 0 spiro atoms. The van der Waals surface area contributed by atoms with Gasteiger partial charge < -0.3 is 5.32 Å². The molecule has 1 aromatic heterocycles. The molecular weight excluding hydrogens is 300 g/mol. The van der Waals surface area contributed by atoms with Gasteiger partial charge in [-0.25, -0.2) is 4.98 Å². The molecule has 2 aromatic rings. The second kappa shape index (κ2) is 5.52. The highest BCUT2D eigenvalue weighted by Gasteiger charge is 2.03. The van der Waals surface area contributed by atoms with Gasteiger partial charge in [-0.05, 0) is 46.6 Å². The van der Waals surface area contributed by atoms with Crippen molar-refractivity contribution < 1.29 is 0 Å². The van der Waals surface area contributed by atoms with E-state index in [1.807, 2.05) is 43.3 Å². The van der Waals surface area contributed by atoms with E-state index >= 15 is 0 Å². The Hall–Kier alpha value is -1.06. The molecule has 0 bridgehead atoms. The minimum atomic E-state index is 0.657. The van der Waals surface area contributed by atoms with Gasteiger partial charge in [0.15, 0.2) is 0 Å². The molecular formula is C13H12BrClN2. The molecule has 0 atom stereocenters. The van der Waals surface area contributed by atoms with Crippen molar-refractivity contribution in [3.8, 4) is 0 Å². The van der Waals surface area contributed by atoms with Gasteiger partial charge >= 0.3 is 0 Å². The van der Waals surface area contributed by atoms with E-state index in [2.05, 4.69) is 26.2 Å². The Labute approximate surface area is 114 Å². The van der Waals surface area contributed by atoms with Crippen LogP contribution in [0.1, 0.15) is 11.3 Å². The lowest BCUT2D eigenvalue weighted by Gasteiger charge is -2.11. The number of hydrogen-bond acceptors (Lipinski definition) is 2. The van der Waals surface area contributed by atoms with Gasteiger partial charge in [-0.15, -0.1) is 0 Å². The average Bonchev–Trinajstić information content (AvgIpc) is 2.28. The van der Waals surface area contributed by atoms with E-state index in [-0.39, 0.29) is 0 Å². The van der Waals surface area contributed by atoms with Gasteiger partial charge in [-0.2, -0.15) is 0 Å². The third-order valence-corrected chi connectivity index (χ3v) is 3.20. The Morgan fingerprint density at radius 1 is 1.24 bits per heavy atom. The van der Waals surface area contributed by atoms with Gasteiger partial charge in [0.25, 0.3) is 0 Å². The third kappa shape index (κ3) is 3.20. The lowest BCUT2D eigenvalue weighted by molar-refractivity contribution is 1.03. The molecule has 1 heterocycles. The molecule has 0 saturated carbocycles. The van der Waals surface area contributed by atoms with E-state index in [1.165, 1.54) is 0 Å². The van der Waals surface area contributed by atoms with Crippen molar-refractivity contribution in [3.05, 3.63) is 57.3 Å². The first-order valence-electron chi connectivity index (χ1n) is 5.27. The molecule has 0 amide bonds. The number of aryl methyl sites for hydroxylation is 1. The SMILES string of the molecule is Cc1cccc(Cl)c1NCc1cccc(Br)n1. The lowest BCUT2D eigenvalue weighted by atomic mass is 10.2. The molecule has 0 unspecified atom stereocenters. The average molecular weight is 312 g/mol. The highest BCUT2D eigenvalue weighted by atomic mass is 79.9. The van der Waals surface area contributed by atoms with Crippen molar-refractivity contribution in [1.29, 1.82) is 0 Å². The van der Waals surface area contributed by atoms with Crippen molar-refractivity contribution in [3.63, 3.8) is 0 Å². The van der Waals surface area contributed by atoms with E-state index in [4.69, 9.17) is 11.6 Å². The summed E-state index contributed by atoms with van der Waals surface area (Å²) in [4.78, 5) is 4.36. The molecule has 88 valence electrons. The van der Waals surface area contributed by atoms with E-state index in [1.54, 1.807) is 0 Å². The van der Waals surface area contributed by atoms with Crippen molar-refractivity contribution >= 4 is 33.2 Å². The molecule has 1 N–H and O–H groups in total. The Balaban J connectivity index is 2.13. The Bertz CT molecular complexity index is 508. The monoisotopic (exact) mass is 310 g/mol. The molecule has 0 aliphatic heterocycles. The van der Waals surface area contributed by atoms with Gasteiger partial charge in [0.05, 0.1) is 22.9 Å². The van der Waals surface area contributed by atoms with Crippen molar-refractivity contribution in [1.82, 2.24) is 4.98 Å². The first-order valence-corrected chi connectivity index (χ1v) is 6.44. The fraction of sp³-hybridized carbons (Fsp3) is 0.154. The fourth-order valence-electron chi connectivity index (χ4n) is 1.58. The van der Waals surface area contributed by atoms with E-state index in [0.717, 1.165) is 26.6 Å². The van der Waals surface area contributed by atoms with Crippen LogP contribution in [0.3, 0.4) is 0 Å². The van der Waals surface area contributed by atoms with Crippen LogP contribution in [-0.4, -0.2) is 4.98 Å². The molecule has 4 heteroatoms. The van der Waals surface area contributed by atoms with Crippen molar-refractivity contribution in [2.75, 3.05) is 5.32 Å². The van der Waals surface area contributed by atoms with Gasteiger partial charge in [0.2, 0.25) is 0 Å². The zero-order chi connectivity index (χ0) is 12.3. The molecule has 1 aromatic carbocycles. The van der Waals surface area contributed by atoms with E-state index in [0.29, 0.717) is 6.54 Å². The molecule has 0 aliphatic rings. The van der Waals surface area contributed by atoms with Crippen molar-refractivity contribution in [2.24, 2.45) is 0 Å². The molecule has 2 rings (SSSR count). The zero-order valence-corrected chi connectivity index (χ0v) is 11.7. The number of nitrogens with zero attached hydrogens (tertiary/aromatic N) is 1. The maximum atomic E-state index is 6.13. The summed E-state index contributed by atoms with van der Waals surface area (Å²) >= 11 is 9.49. The van der Waals surface area contributed by atoms with Crippen LogP contribution in [0, 0.1) is 6.92 Å². The van der Waals surface area contributed by atoms with Crippen LogP contribution in [0.5, 0.6) is 0 Å². The summed E-state index contributed by atoms with van der Waals surface area (Å²) in [5, 5.41) is 4.05. The van der Waals surface area contributed by atoms with Gasteiger partial charge in [-0.1, -0.05) is 29.8 Å². The highest BCUT2D eigenvalue weighted by molar-refractivity contribution is 9.10. The first kappa shape index (κ1) is 12.4. The summed E-state index contributed by atoms with van der Waals surface area (Å²) < 4.78 is 0.840. The summed E-state index contributed by atoms with van der Waals surface area (Å²) in [6.07, 6.45) is 0. The minimum Gasteiger partial charge on any atom is -0.378 e. The minimum absolute atomic E-state index is 0.657. The number of para-hydroxylation sites is 1. The molecule has 2 nitrogen and oxygen atoms in total. The van der Waals surface area contributed by atoms with Crippen LogP contribution >= 0.6 is 27.5 Å². The van der Waals surface area contributed by atoms with Crippen LogP contribution in [0.4, 0.5) is 5.69 Å². The van der Waals surface area contributed by atoms with Gasteiger partial charge in [0, 0.05) is 0 Å². The van der Waals surface area contributed by atoms with E-state index in [9.17, 15) is 0 Å². The molecule has 0 saturated heterocycles. The predicted molar refractivity (Wildman–Crippen MR) is 75.5 cm³/mol. The van der Waals surface area contributed by atoms with Gasteiger partial charge in [0.1, 0.15) is 4.60 Å². The molecule has 0 radical (unpaired) electrons. The maximum Gasteiger partial charge on any atom is 0.106 e. The van der Waals surface area contributed by atoms with Crippen LogP contribution in [0.25, 0.3) is 0 Å². The van der Waals surface area contributed by atoms with Crippen LogP contribution in [0.2, 0.25) is 5.02 Å². The van der Waals surface area contributed by atoms with Crippen molar-refractivity contribution in [2.45, 2.75) is 13.5 Å². The zero-order valence-electron chi connectivity index (χ0n) is 9.37. The highest BCUT2D eigenvalue weighted by Crippen LogP contribution is 2.25. The third-order valence-electron chi connectivity index (χ3n) is 2.44. The second-order valence-corrected chi connectivity index (χ2v) is 4.96. The normalized spacial score (nSPS) is 10.3. The number of rotatable bonds is 3. The number of hydrogen-bond donors (Lipinski definition) is 1. The Morgan fingerprint density at radius 3 is 2.71 bits per heavy atom. The summed E-state index contributed by atoms with van der Waals surface area (Å²) in [7, 11) is 0. The summed E-state index contributed by atoms with van der Waals surface area (Å²) in [5.41, 5.74) is 3.07. The smallest absolute Gasteiger partial charge is 0.106 e. The maximum absolute atomic E-state index is 6.13. The Kier molecular flexibility index (Phi) is 4.02. The second-order valence-electron chi connectivity index (χ2n) is 3.74. The molecule has 17 heavy (non-hydrogen) atoms. The number of pyridine rings is 1. The number of halogens is 2. The predicted octanol–water partition coefficient (Wildman–Crippen LogP) is 4.42. The summed E-state index contributed by atoms with van der Waals surface area (Å²) in [5.74, 6) is 0. The van der Waals surface area contributed by atoms with Gasteiger partial charge in [-0.3, -0.25) is 0 Å². The largest absolute Gasteiger partial charge is 0.378 e. The molecule has 0 aliphatic carbocycles. The summed E-state index contributed by atoms with van der Waals surface area (Å²) in [6.45, 7) is 2.69. The summed E-state index contributed by atoms with van der Waals surface area (Å²) in [6, 6.07) is 11.7. The van der Waals surface area contributed by atoms with E-state index < -0.39 is 0 Å². The molecule has 0 fully saturated rings. The number of aromatic nitrogens is 1.